The number of fused-ring (bicyclic) bond motifs is 1. The third kappa shape index (κ3) is 4.75. The predicted octanol–water partition coefficient (Wildman–Crippen LogP) is 3.41. The van der Waals surface area contributed by atoms with Crippen LogP contribution in [-0.2, 0) is 6.54 Å². The van der Waals surface area contributed by atoms with Gasteiger partial charge in [0.25, 0.3) is 0 Å². The second-order valence-corrected chi connectivity index (χ2v) is 7.94. The molecule has 1 aromatic carbocycles. The fourth-order valence-corrected chi connectivity index (χ4v) is 4.20. The summed E-state index contributed by atoms with van der Waals surface area (Å²) in [5.74, 6) is 4.90. The van der Waals surface area contributed by atoms with Gasteiger partial charge in [0.1, 0.15) is 12.4 Å². The molecule has 162 valence electrons. The van der Waals surface area contributed by atoms with Crippen LogP contribution in [0.3, 0.4) is 0 Å². The number of likely N-dealkylation sites (tertiary alicyclic amines) is 1. The zero-order chi connectivity index (χ0) is 21.8. The van der Waals surface area contributed by atoms with E-state index in [1.807, 2.05) is 32.0 Å². The molecule has 7 heteroatoms. The van der Waals surface area contributed by atoms with Crippen molar-refractivity contribution in [2.24, 2.45) is 0 Å². The Morgan fingerprint density at radius 1 is 1.23 bits per heavy atom. The van der Waals surface area contributed by atoms with Crippen LogP contribution in [0.1, 0.15) is 42.6 Å². The predicted molar refractivity (Wildman–Crippen MR) is 121 cm³/mol. The van der Waals surface area contributed by atoms with Crippen molar-refractivity contribution in [3.05, 3.63) is 47.3 Å². The SMILES string of the molecule is C#CCOc1ccc(CN2CCCC(c3cc(N)n4nc(C)cc4n3)C2)cc1OCC. The Kier molecular flexibility index (Phi) is 6.28. The van der Waals surface area contributed by atoms with E-state index >= 15 is 0 Å². The summed E-state index contributed by atoms with van der Waals surface area (Å²) in [6.07, 6.45) is 7.54. The summed E-state index contributed by atoms with van der Waals surface area (Å²) in [5.41, 5.74) is 10.2. The largest absolute Gasteiger partial charge is 0.490 e. The molecule has 1 unspecified atom stereocenters. The number of piperidine rings is 1. The summed E-state index contributed by atoms with van der Waals surface area (Å²) in [5, 5.41) is 4.40. The zero-order valence-corrected chi connectivity index (χ0v) is 18.2. The average molecular weight is 420 g/mol. The number of terminal acetylenes is 1. The summed E-state index contributed by atoms with van der Waals surface area (Å²) in [7, 11) is 0. The molecule has 1 saturated heterocycles. The summed E-state index contributed by atoms with van der Waals surface area (Å²) >= 11 is 0. The number of benzene rings is 1. The molecule has 1 fully saturated rings. The number of aryl methyl sites for hydroxylation is 1. The van der Waals surface area contributed by atoms with Crippen molar-refractivity contribution < 1.29 is 9.47 Å². The average Bonchev–Trinajstić information content (AvgIpc) is 3.14. The maximum absolute atomic E-state index is 6.24. The molecule has 31 heavy (non-hydrogen) atoms. The Hall–Kier alpha value is -3.24. The molecule has 1 aliphatic rings. The van der Waals surface area contributed by atoms with E-state index in [2.05, 4.69) is 28.1 Å². The van der Waals surface area contributed by atoms with Gasteiger partial charge in [-0.2, -0.15) is 9.61 Å². The highest BCUT2D eigenvalue weighted by atomic mass is 16.5. The maximum Gasteiger partial charge on any atom is 0.162 e. The van der Waals surface area contributed by atoms with Crippen LogP contribution in [0.25, 0.3) is 5.65 Å². The Labute approximate surface area is 183 Å². The van der Waals surface area contributed by atoms with Crippen LogP contribution in [-0.4, -0.2) is 45.8 Å². The lowest BCUT2D eigenvalue weighted by atomic mass is 9.94. The smallest absolute Gasteiger partial charge is 0.162 e. The number of anilines is 1. The molecular weight excluding hydrogens is 390 g/mol. The summed E-state index contributed by atoms with van der Waals surface area (Å²) in [6.45, 7) is 7.56. The molecule has 4 rings (SSSR count). The molecule has 1 atom stereocenters. The van der Waals surface area contributed by atoms with Crippen molar-refractivity contribution in [3.63, 3.8) is 0 Å². The summed E-state index contributed by atoms with van der Waals surface area (Å²) in [4.78, 5) is 7.30. The molecule has 7 nitrogen and oxygen atoms in total. The summed E-state index contributed by atoms with van der Waals surface area (Å²) in [6, 6.07) is 10.0. The number of hydrogen-bond donors (Lipinski definition) is 1. The van der Waals surface area contributed by atoms with Crippen LogP contribution >= 0.6 is 0 Å². The van der Waals surface area contributed by atoms with Crippen molar-refractivity contribution >= 4 is 11.5 Å². The fourth-order valence-electron chi connectivity index (χ4n) is 4.20. The lowest BCUT2D eigenvalue weighted by Crippen LogP contribution is -2.34. The minimum absolute atomic E-state index is 0.227. The van der Waals surface area contributed by atoms with E-state index in [4.69, 9.17) is 26.6 Å². The lowest BCUT2D eigenvalue weighted by Gasteiger charge is -2.32. The van der Waals surface area contributed by atoms with E-state index in [0.29, 0.717) is 24.1 Å². The molecule has 2 aromatic heterocycles. The number of nitrogens with zero attached hydrogens (tertiary/aromatic N) is 4. The lowest BCUT2D eigenvalue weighted by molar-refractivity contribution is 0.198. The zero-order valence-electron chi connectivity index (χ0n) is 18.2. The van der Waals surface area contributed by atoms with Crippen LogP contribution in [0.4, 0.5) is 5.82 Å². The highest BCUT2D eigenvalue weighted by Gasteiger charge is 2.24. The first kappa shape index (κ1) is 21.0. The van der Waals surface area contributed by atoms with Gasteiger partial charge >= 0.3 is 0 Å². The van der Waals surface area contributed by atoms with Gasteiger partial charge in [0.2, 0.25) is 0 Å². The van der Waals surface area contributed by atoms with E-state index in [-0.39, 0.29) is 6.61 Å². The third-order valence-electron chi connectivity index (χ3n) is 5.55. The number of aromatic nitrogens is 3. The quantitative estimate of drug-likeness (QED) is 0.592. The Morgan fingerprint density at radius 2 is 2.10 bits per heavy atom. The molecule has 0 spiro atoms. The highest BCUT2D eigenvalue weighted by molar-refractivity contribution is 5.49. The number of nitrogens with two attached hydrogens (primary N) is 1. The highest BCUT2D eigenvalue weighted by Crippen LogP contribution is 2.31. The Balaban J connectivity index is 1.49. The van der Waals surface area contributed by atoms with E-state index in [1.54, 1.807) is 4.52 Å². The van der Waals surface area contributed by atoms with Gasteiger partial charge in [0, 0.05) is 31.1 Å². The molecule has 0 amide bonds. The number of hydrogen-bond acceptors (Lipinski definition) is 6. The summed E-state index contributed by atoms with van der Waals surface area (Å²) < 4.78 is 13.1. The third-order valence-corrected chi connectivity index (χ3v) is 5.55. The number of nitrogen functional groups attached to an aromatic ring is 1. The molecule has 1 aliphatic heterocycles. The Bertz CT molecular complexity index is 1100. The van der Waals surface area contributed by atoms with Gasteiger partial charge < -0.3 is 15.2 Å². The van der Waals surface area contributed by atoms with Gasteiger partial charge in [-0.05, 0) is 50.9 Å². The minimum Gasteiger partial charge on any atom is -0.490 e. The van der Waals surface area contributed by atoms with E-state index in [9.17, 15) is 0 Å². The molecule has 0 bridgehead atoms. The molecule has 3 aromatic rings. The van der Waals surface area contributed by atoms with Gasteiger partial charge in [-0.25, -0.2) is 4.98 Å². The molecule has 2 N–H and O–H groups in total. The van der Waals surface area contributed by atoms with E-state index in [0.717, 1.165) is 55.3 Å². The van der Waals surface area contributed by atoms with Crippen LogP contribution in [0, 0.1) is 19.3 Å². The van der Waals surface area contributed by atoms with Gasteiger partial charge in [-0.1, -0.05) is 12.0 Å². The molecule has 3 heterocycles. The molecule has 0 radical (unpaired) electrons. The van der Waals surface area contributed by atoms with Gasteiger partial charge in [0.15, 0.2) is 17.1 Å². The first-order valence-corrected chi connectivity index (χ1v) is 10.7. The first-order valence-electron chi connectivity index (χ1n) is 10.7. The number of rotatable bonds is 7. The van der Waals surface area contributed by atoms with Crippen LogP contribution in [0.2, 0.25) is 0 Å². The van der Waals surface area contributed by atoms with Crippen LogP contribution < -0.4 is 15.2 Å². The molecule has 0 aliphatic carbocycles. The fraction of sp³-hybridized carbons (Fsp3) is 0.417. The second kappa shape index (κ2) is 9.27. The van der Waals surface area contributed by atoms with Gasteiger partial charge in [-0.15, -0.1) is 6.42 Å². The van der Waals surface area contributed by atoms with Crippen molar-refractivity contribution in [1.82, 2.24) is 19.5 Å². The monoisotopic (exact) mass is 419 g/mol. The van der Waals surface area contributed by atoms with Crippen molar-refractivity contribution in [3.8, 4) is 23.8 Å². The van der Waals surface area contributed by atoms with E-state index < -0.39 is 0 Å². The standard InChI is InChI=1S/C24H29N5O2/c1-4-11-31-21-9-8-18(13-22(21)30-5-2)15-28-10-6-7-19(16-28)20-14-23(25)29-24(26-20)12-17(3)27-29/h1,8-9,12-14,19H,5-7,10-11,15-16,25H2,2-3H3. The first-order chi connectivity index (χ1) is 15.1. The topological polar surface area (TPSA) is 77.9 Å². The van der Waals surface area contributed by atoms with Crippen molar-refractivity contribution in [2.45, 2.75) is 39.2 Å². The Morgan fingerprint density at radius 3 is 2.90 bits per heavy atom. The van der Waals surface area contributed by atoms with E-state index in [1.165, 1.54) is 5.56 Å². The second-order valence-electron chi connectivity index (χ2n) is 7.94. The van der Waals surface area contributed by atoms with Crippen molar-refractivity contribution in [2.75, 3.05) is 32.0 Å². The normalized spacial score (nSPS) is 16.9. The van der Waals surface area contributed by atoms with Crippen LogP contribution in [0.15, 0.2) is 30.3 Å². The van der Waals surface area contributed by atoms with Gasteiger partial charge in [-0.3, -0.25) is 4.90 Å². The molecular formula is C24H29N5O2. The minimum atomic E-state index is 0.227. The van der Waals surface area contributed by atoms with Crippen molar-refractivity contribution in [1.29, 1.82) is 0 Å². The molecule has 0 saturated carbocycles. The maximum atomic E-state index is 6.24. The van der Waals surface area contributed by atoms with Crippen LogP contribution in [0.5, 0.6) is 11.5 Å². The number of ether oxygens (including phenoxy) is 2. The van der Waals surface area contributed by atoms with Gasteiger partial charge in [0.05, 0.1) is 18.0 Å².